The number of aliphatic hydroxyl groups excluding tert-OH is 1. The molecule has 0 saturated heterocycles. The van der Waals surface area contributed by atoms with Gasteiger partial charge in [0.2, 0.25) is 0 Å². The van der Waals surface area contributed by atoms with Crippen molar-refractivity contribution < 1.29 is 14.6 Å². The summed E-state index contributed by atoms with van der Waals surface area (Å²) in [5.74, 6) is 0. The van der Waals surface area contributed by atoms with Crippen molar-refractivity contribution in [3.05, 3.63) is 35.9 Å². The Morgan fingerprint density at radius 2 is 1.89 bits per heavy atom. The summed E-state index contributed by atoms with van der Waals surface area (Å²) in [6.45, 7) is 6.97. The molecular weight excluding hydrogens is 228 g/mol. The van der Waals surface area contributed by atoms with Crippen LogP contribution in [0.25, 0.3) is 0 Å². The van der Waals surface area contributed by atoms with Crippen LogP contribution in [0.4, 0.5) is 0 Å². The largest absolute Gasteiger partial charge is 0.368 e. The molecule has 3 nitrogen and oxygen atoms in total. The molecule has 0 bridgehead atoms. The van der Waals surface area contributed by atoms with Crippen molar-refractivity contribution in [3.8, 4) is 0 Å². The number of benzene rings is 1. The number of aliphatic hydroxyl groups is 1. The molecule has 1 atom stereocenters. The van der Waals surface area contributed by atoms with E-state index in [2.05, 4.69) is 20.8 Å². The van der Waals surface area contributed by atoms with Crippen LogP contribution in [-0.2, 0) is 16.1 Å². The molecule has 1 aromatic rings. The average Bonchev–Trinajstić information content (AvgIpc) is 2.35. The van der Waals surface area contributed by atoms with Gasteiger partial charge in [0.1, 0.15) is 6.79 Å². The van der Waals surface area contributed by atoms with Crippen molar-refractivity contribution in [1.29, 1.82) is 0 Å². The van der Waals surface area contributed by atoms with E-state index in [0.717, 1.165) is 12.0 Å². The minimum absolute atomic E-state index is 0.0961. The van der Waals surface area contributed by atoms with Crippen LogP contribution in [0.1, 0.15) is 39.2 Å². The second-order valence-corrected chi connectivity index (χ2v) is 5.30. The van der Waals surface area contributed by atoms with E-state index in [1.165, 1.54) is 0 Å². The van der Waals surface area contributed by atoms with E-state index in [-0.39, 0.29) is 12.2 Å². The predicted molar refractivity (Wildman–Crippen MR) is 71.9 cm³/mol. The molecule has 0 aromatic heterocycles. The summed E-state index contributed by atoms with van der Waals surface area (Å²) in [4.78, 5) is 0. The van der Waals surface area contributed by atoms with Gasteiger partial charge >= 0.3 is 0 Å². The van der Waals surface area contributed by atoms with Gasteiger partial charge in [-0.1, -0.05) is 57.5 Å². The summed E-state index contributed by atoms with van der Waals surface area (Å²) >= 11 is 0. The van der Waals surface area contributed by atoms with Gasteiger partial charge in [-0.15, -0.1) is 0 Å². The van der Waals surface area contributed by atoms with Crippen molar-refractivity contribution in [1.82, 2.24) is 0 Å². The molecular formula is C15H24O3. The zero-order chi connectivity index (χ0) is 13.4. The maximum atomic E-state index is 9.71. The molecule has 0 aliphatic carbocycles. The lowest BCUT2D eigenvalue weighted by atomic mass is 9.86. The highest BCUT2D eigenvalue weighted by atomic mass is 16.7. The summed E-state index contributed by atoms with van der Waals surface area (Å²) in [5.41, 5.74) is 1.20. The normalized spacial score (nSPS) is 13.6. The van der Waals surface area contributed by atoms with Crippen molar-refractivity contribution in [3.63, 3.8) is 0 Å². The Hall–Kier alpha value is -0.900. The zero-order valence-electron chi connectivity index (χ0n) is 11.6. The van der Waals surface area contributed by atoms with E-state index in [1.54, 1.807) is 0 Å². The van der Waals surface area contributed by atoms with Crippen molar-refractivity contribution >= 4 is 0 Å². The SMILES string of the molecule is CCC(C)(C)CC(O)OCOCc1ccccc1. The minimum Gasteiger partial charge on any atom is -0.368 e. The van der Waals surface area contributed by atoms with Gasteiger partial charge in [-0.3, -0.25) is 0 Å². The molecule has 0 amide bonds. The van der Waals surface area contributed by atoms with Gasteiger partial charge in [0, 0.05) is 6.42 Å². The summed E-state index contributed by atoms with van der Waals surface area (Å²) in [7, 11) is 0. The van der Waals surface area contributed by atoms with Crippen LogP contribution in [0.15, 0.2) is 30.3 Å². The lowest BCUT2D eigenvalue weighted by Crippen LogP contribution is -2.23. The third-order valence-electron chi connectivity index (χ3n) is 3.14. The first-order valence-electron chi connectivity index (χ1n) is 6.45. The fraction of sp³-hybridized carbons (Fsp3) is 0.600. The topological polar surface area (TPSA) is 38.7 Å². The van der Waals surface area contributed by atoms with Crippen LogP contribution < -0.4 is 0 Å². The summed E-state index contributed by atoms with van der Waals surface area (Å²) in [6.07, 6.45) is 0.881. The molecule has 1 unspecified atom stereocenters. The summed E-state index contributed by atoms with van der Waals surface area (Å²) in [5, 5.41) is 9.71. The summed E-state index contributed by atoms with van der Waals surface area (Å²) < 4.78 is 10.6. The highest BCUT2D eigenvalue weighted by Gasteiger charge is 2.20. The first-order valence-corrected chi connectivity index (χ1v) is 6.45. The molecule has 0 heterocycles. The first kappa shape index (κ1) is 15.2. The van der Waals surface area contributed by atoms with E-state index in [4.69, 9.17) is 9.47 Å². The quantitative estimate of drug-likeness (QED) is 0.570. The molecule has 0 aliphatic heterocycles. The molecule has 18 heavy (non-hydrogen) atoms. The van der Waals surface area contributed by atoms with Gasteiger partial charge in [0.15, 0.2) is 6.29 Å². The highest BCUT2D eigenvalue weighted by molar-refractivity contribution is 5.13. The second-order valence-electron chi connectivity index (χ2n) is 5.30. The molecule has 0 spiro atoms. The van der Waals surface area contributed by atoms with E-state index < -0.39 is 6.29 Å². The van der Waals surface area contributed by atoms with Crippen molar-refractivity contribution in [2.45, 2.75) is 46.5 Å². The lowest BCUT2D eigenvalue weighted by Gasteiger charge is -2.25. The third kappa shape index (κ3) is 6.15. The Kier molecular flexibility index (Phi) is 6.33. The van der Waals surface area contributed by atoms with Crippen LogP contribution in [0.5, 0.6) is 0 Å². The molecule has 0 radical (unpaired) electrons. The summed E-state index contributed by atoms with van der Waals surface area (Å²) in [6, 6.07) is 9.90. The molecule has 1 aromatic carbocycles. The molecule has 1 rings (SSSR count). The first-order chi connectivity index (χ1) is 8.53. The molecule has 0 saturated carbocycles. The zero-order valence-corrected chi connectivity index (χ0v) is 11.6. The van der Waals surface area contributed by atoms with Crippen LogP contribution >= 0.6 is 0 Å². The lowest BCUT2D eigenvalue weighted by molar-refractivity contribution is -0.184. The predicted octanol–water partition coefficient (Wildman–Crippen LogP) is 3.32. The average molecular weight is 252 g/mol. The van der Waals surface area contributed by atoms with Gasteiger partial charge < -0.3 is 14.6 Å². The maximum absolute atomic E-state index is 9.71. The number of ether oxygens (including phenoxy) is 2. The molecule has 0 aliphatic rings. The number of hydrogen-bond acceptors (Lipinski definition) is 3. The fourth-order valence-electron chi connectivity index (χ4n) is 1.54. The Bertz CT molecular complexity index is 322. The van der Waals surface area contributed by atoms with E-state index in [9.17, 15) is 5.11 Å². The molecule has 102 valence electrons. The Labute approximate surface area is 110 Å². The van der Waals surface area contributed by atoms with Crippen LogP contribution in [0.3, 0.4) is 0 Å². The van der Waals surface area contributed by atoms with Crippen molar-refractivity contribution in [2.24, 2.45) is 5.41 Å². The third-order valence-corrected chi connectivity index (χ3v) is 3.14. The van der Waals surface area contributed by atoms with Crippen LogP contribution in [-0.4, -0.2) is 18.2 Å². The number of rotatable bonds is 8. The van der Waals surface area contributed by atoms with Crippen LogP contribution in [0, 0.1) is 5.41 Å². The van der Waals surface area contributed by atoms with Crippen LogP contribution in [0.2, 0.25) is 0 Å². The van der Waals surface area contributed by atoms with Gasteiger partial charge in [-0.05, 0) is 11.0 Å². The molecule has 0 fully saturated rings. The van der Waals surface area contributed by atoms with E-state index in [1.807, 2.05) is 30.3 Å². The van der Waals surface area contributed by atoms with Gasteiger partial charge in [-0.2, -0.15) is 0 Å². The van der Waals surface area contributed by atoms with Gasteiger partial charge in [0.25, 0.3) is 0 Å². The monoisotopic (exact) mass is 252 g/mol. The second kappa shape index (κ2) is 7.52. The van der Waals surface area contributed by atoms with Crippen molar-refractivity contribution in [2.75, 3.05) is 6.79 Å². The highest BCUT2D eigenvalue weighted by Crippen LogP contribution is 2.26. The van der Waals surface area contributed by atoms with Gasteiger partial charge in [-0.25, -0.2) is 0 Å². The number of hydrogen-bond donors (Lipinski definition) is 1. The minimum atomic E-state index is -0.754. The fourth-order valence-corrected chi connectivity index (χ4v) is 1.54. The molecule has 3 heteroatoms. The standard InChI is InChI=1S/C15H24O3/c1-4-15(2,3)10-14(16)18-12-17-11-13-8-6-5-7-9-13/h5-9,14,16H,4,10-12H2,1-3H3. The Morgan fingerprint density at radius 3 is 2.50 bits per heavy atom. The van der Waals surface area contributed by atoms with E-state index in [0.29, 0.717) is 13.0 Å². The Morgan fingerprint density at radius 1 is 1.22 bits per heavy atom. The maximum Gasteiger partial charge on any atom is 0.157 e. The smallest absolute Gasteiger partial charge is 0.157 e. The van der Waals surface area contributed by atoms with Gasteiger partial charge in [0.05, 0.1) is 6.61 Å². The van der Waals surface area contributed by atoms with E-state index >= 15 is 0 Å². The molecule has 1 N–H and O–H groups in total. The Balaban J connectivity index is 2.14.